The molecule has 6 rings (SSSR count). The Morgan fingerprint density at radius 2 is 1.72 bits per heavy atom. The van der Waals surface area contributed by atoms with Crippen molar-refractivity contribution in [1.82, 2.24) is 29.7 Å². The Hall–Kier alpha value is -3.87. The smallest absolute Gasteiger partial charge is 0.229 e. The summed E-state index contributed by atoms with van der Waals surface area (Å²) >= 11 is 1.66. The molecule has 0 bridgehead atoms. The third-order valence-corrected chi connectivity index (χ3v) is 10.4. The van der Waals surface area contributed by atoms with Crippen LogP contribution in [-0.2, 0) is 6.42 Å². The first-order chi connectivity index (χ1) is 22.9. The number of ether oxygens (including phenoxy) is 1. The monoisotopic (exact) mass is 656 g/mol. The lowest BCUT2D eigenvalue weighted by Gasteiger charge is -2.43. The van der Waals surface area contributed by atoms with Crippen LogP contribution in [0, 0.1) is 6.92 Å². The highest BCUT2D eigenvalue weighted by molar-refractivity contribution is 8.00. The normalized spacial score (nSPS) is 16.4. The molecule has 12 heteroatoms. The number of aryl methyl sites for hydroxylation is 2. The molecule has 2 N–H and O–H groups in total. The van der Waals surface area contributed by atoms with Crippen LogP contribution < -0.4 is 24.6 Å². The first-order valence-corrected chi connectivity index (χ1v) is 17.9. The van der Waals surface area contributed by atoms with Crippen molar-refractivity contribution < 1.29 is 4.74 Å². The summed E-state index contributed by atoms with van der Waals surface area (Å²) in [4.78, 5) is 26.5. The van der Waals surface area contributed by atoms with Crippen molar-refractivity contribution in [3.8, 4) is 5.75 Å². The molecule has 4 heterocycles. The van der Waals surface area contributed by atoms with E-state index in [2.05, 4.69) is 96.9 Å². The quantitative estimate of drug-likeness (QED) is 0.182. The van der Waals surface area contributed by atoms with Crippen LogP contribution in [0.3, 0.4) is 0 Å². The lowest BCUT2D eigenvalue weighted by Crippen LogP contribution is -2.52. The molecule has 2 saturated heterocycles. The van der Waals surface area contributed by atoms with Gasteiger partial charge in [0.25, 0.3) is 0 Å². The van der Waals surface area contributed by atoms with Crippen molar-refractivity contribution in [2.75, 3.05) is 86.1 Å². The number of piperidine rings is 1. The van der Waals surface area contributed by atoms with Crippen LogP contribution in [0.4, 0.5) is 34.5 Å². The van der Waals surface area contributed by atoms with E-state index in [0.29, 0.717) is 12.0 Å². The number of methoxy groups -OCH3 is 1. The van der Waals surface area contributed by atoms with Crippen LogP contribution in [0.25, 0.3) is 11.0 Å². The van der Waals surface area contributed by atoms with Gasteiger partial charge in [0.1, 0.15) is 17.1 Å². The summed E-state index contributed by atoms with van der Waals surface area (Å²) in [6.45, 7) is 14.0. The van der Waals surface area contributed by atoms with E-state index in [-0.39, 0.29) is 0 Å². The largest absolute Gasteiger partial charge is 0.494 e. The van der Waals surface area contributed by atoms with Gasteiger partial charge in [-0.1, -0.05) is 18.9 Å². The van der Waals surface area contributed by atoms with Crippen molar-refractivity contribution >= 4 is 57.5 Å². The van der Waals surface area contributed by atoms with E-state index in [4.69, 9.17) is 9.72 Å². The third kappa shape index (κ3) is 7.19. The Morgan fingerprint density at radius 1 is 0.957 bits per heavy atom. The number of piperazine rings is 1. The molecule has 0 radical (unpaired) electrons. The molecule has 2 aliphatic rings. The zero-order valence-corrected chi connectivity index (χ0v) is 29.4. The van der Waals surface area contributed by atoms with Crippen molar-refractivity contribution in [2.45, 2.75) is 46.1 Å². The molecule has 2 fully saturated rings. The van der Waals surface area contributed by atoms with Gasteiger partial charge in [0.15, 0.2) is 0 Å². The van der Waals surface area contributed by atoms with Gasteiger partial charge in [0.05, 0.1) is 29.7 Å². The number of hydrogen-bond donors (Lipinski definition) is 2. The van der Waals surface area contributed by atoms with Gasteiger partial charge < -0.3 is 29.5 Å². The van der Waals surface area contributed by atoms with E-state index in [1.165, 1.54) is 50.3 Å². The number of likely N-dealkylation sites (N-methyl/N-ethyl adjacent to an activating group) is 1. The average molecular weight is 657 g/mol. The molecule has 0 amide bonds. The highest BCUT2D eigenvalue weighted by atomic mass is 32.2. The SMILES string of the molecule is CCc1cnc(Nc2cc(C)c(N3CCC(N4CCN(C)CC4)CC3)cc2OC)nc1Nc1ccc2nccnc2c1N(CC)SC. The van der Waals surface area contributed by atoms with Gasteiger partial charge in [-0.3, -0.25) is 14.9 Å². The average Bonchev–Trinajstić information content (AvgIpc) is 3.10. The maximum absolute atomic E-state index is 5.91. The predicted octanol–water partition coefficient (Wildman–Crippen LogP) is 6.11. The van der Waals surface area contributed by atoms with Crippen molar-refractivity contribution in [2.24, 2.45) is 0 Å². The summed E-state index contributed by atoms with van der Waals surface area (Å²) in [6.07, 6.45) is 10.6. The van der Waals surface area contributed by atoms with Gasteiger partial charge in [-0.05, 0) is 63.9 Å². The molecule has 0 unspecified atom stereocenters. The van der Waals surface area contributed by atoms with Crippen LogP contribution in [0.1, 0.15) is 37.8 Å². The second-order valence-electron chi connectivity index (χ2n) is 12.3. The maximum Gasteiger partial charge on any atom is 0.229 e. The fraction of sp³-hybridized carbons (Fsp3) is 0.486. The third-order valence-electron chi connectivity index (χ3n) is 9.49. The predicted molar refractivity (Wildman–Crippen MR) is 196 cm³/mol. The Kier molecular flexibility index (Phi) is 10.5. The van der Waals surface area contributed by atoms with Gasteiger partial charge in [0.2, 0.25) is 5.95 Å². The van der Waals surface area contributed by atoms with Crippen LogP contribution >= 0.6 is 11.9 Å². The topological polar surface area (TPSA) is 97.8 Å². The number of aromatic nitrogens is 4. The lowest BCUT2D eigenvalue weighted by atomic mass is 10.0. The Labute approximate surface area is 283 Å². The van der Waals surface area contributed by atoms with Crippen LogP contribution in [0.2, 0.25) is 0 Å². The highest BCUT2D eigenvalue weighted by Gasteiger charge is 2.28. The summed E-state index contributed by atoms with van der Waals surface area (Å²) in [7, 11) is 3.95. The molecule has 2 aromatic heterocycles. The van der Waals surface area contributed by atoms with E-state index >= 15 is 0 Å². The Balaban J connectivity index is 1.22. The van der Waals surface area contributed by atoms with Crippen molar-refractivity contribution in [3.05, 3.63) is 54.0 Å². The number of hydrogen-bond acceptors (Lipinski definition) is 12. The molecule has 0 saturated carbocycles. The zero-order chi connectivity index (χ0) is 32.9. The van der Waals surface area contributed by atoms with E-state index < -0.39 is 0 Å². The number of nitrogens with one attached hydrogen (secondary N) is 2. The van der Waals surface area contributed by atoms with Gasteiger partial charge in [-0.2, -0.15) is 4.98 Å². The number of nitrogens with zero attached hydrogens (tertiary/aromatic N) is 8. The summed E-state index contributed by atoms with van der Waals surface area (Å²) in [5.74, 6) is 2.03. The first kappa shape index (κ1) is 33.0. The fourth-order valence-corrected chi connectivity index (χ4v) is 7.40. The summed E-state index contributed by atoms with van der Waals surface area (Å²) in [6, 6.07) is 9.05. The molecule has 2 aromatic carbocycles. The van der Waals surface area contributed by atoms with E-state index in [9.17, 15) is 0 Å². The standard InChI is InChI=1S/C35H48N10OS/c1-7-25-23-38-35(41-34(25)39-28-10-9-27-32(37-14-13-36-27)33(28)45(8-2)47-6)40-29-21-24(3)30(22-31(29)46-5)44-15-11-26(12-16-44)43-19-17-42(4)18-20-43/h9-10,13-14,21-23,26H,7-8,11-12,15-20H2,1-6H3,(H2,38,39,40,41). The van der Waals surface area contributed by atoms with Crippen molar-refractivity contribution in [3.63, 3.8) is 0 Å². The molecule has 2 aliphatic heterocycles. The minimum absolute atomic E-state index is 0.502. The Bertz CT molecular complexity index is 1670. The Morgan fingerprint density at radius 3 is 2.43 bits per heavy atom. The van der Waals surface area contributed by atoms with E-state index in [0.717, 1.165) is 71.3 Å². The molecule has 0 aliphatic carbocycles. The molecule has 0 atom stereocenters. The number of rotatable bonds is 11. The molecule has 0 spiro atoms. The van der Waals surface area contributed by atoms with Gasteiger partial charge in [0, 0.05) is 94.0 Å². The highest BCUT2D eigenvalue weighted by Crippen LogP contribution is 2.39. The van der Waals surface area contributed by atoms with Gasteiger partial charge in [-0.15, -0.1) is 0 Å². The molecule has 11 nitrogen and oxygen atoms in total. The van der Waals surface area contributed by atoms with E-state index in [1.54, 1.807) is 31.5 Å². The van der Waals surface area contributed by atoms with Gasteiger partial charge >= 0.3 is 0 Å². The van der Waals surface area contributed by atoms with Crippen LogP contribution in [-0.4, -0.2) is 102 Å². The van der Waals surface area contributed by atoms with E-state index in [1.807, 2.05) is 12.3 Å². The van der Waals surface area contributed by atoms with Gasteiger partial charge in [-0.25, -0.2) is 4.98 Å². The molecule has 250 valence electrons. The maximum atomic E-state index is 5.91. The minimum Gasteiger partial charge on any atom is -0.494 e. The lowest BCUT2D eigenvalue weighted by molar-refractivity contribution is 0.0982. The first-order valence-electron chi connectivity index (χ1n) is 16.7. The number of fused-ring (bicyclic) bond motifs is 1. The molecular weight excluding hydrogens is 609 g/mol. The number of anilines is 6. The summed E-state index contributed by atoms with van der Waals surface area (Å²) in [5, 5.41) is 7.08. The second-order valence-corrected chi connectivity index (χ2v) is 13.1. The summed E-state index contributed by atoms with van der Waals surface area (Å²) in [5.41, 5.74) is 7.91. The fourth-order valence-electron chi connectivity index (χ4n) is 6.78. The van der Waals surface area contributed by atoms with Crippen molar-refractivity contribution in [1.29, 1.82) is 0 Å². The molecule has 4 aromatic rings. The molecular formula is C35H48N10OS. The minimum atomic E-state index is 0.502. The summed E-state index contributed by atoms with van der Waals surface area (Å²) < 4.78 is 8.13. The van der Waals surface area contributed by atoms with Crippen LogP contribution in [0.15, 0.2) is 42.9 Å². The molecule has 47 heavy (non-hydrogen) atoms. The number of benzene rings is 2. The zero-order valence-electron chi connectivity index (χ0n) is 28.6. The van der Waals surface area contributed by atoms with Crippen LogP contribution in [0.5, 0.6) is 5.75 Å². The second kappa shape index (κ2) is 14.9.